The third kappa shape index (κ3) is 7.78. The summed E-state index contributed by atoms with van der Waals surface area (Å²) < 4.78 is 9.74. The van der Waals surface area contributed by atoms with Crippen LogP contribution in [-0.2, 0) is 25.5 Å². The molecule has 0 aromatic heterocycles. The van der Waals surface area contributed by atoms with Crippen molar-refractivity contribution in [3.63, 3.8) is 0 Å². The third-order valence-corrected chi connectivity index (χ3v) is 5.27. The smallest absolute Gasteiger partial charge is 0.331 e. The molecular formula is C21H30ClNO5. The van der Waals surface area contributed by atoms with Gasteiger partial charge in [0.25, 0.3) is 0 Å². The van der Waals surface area contributed by atoms with E-state index in [4.69, 9.17) is 16.3 Å². The van der Waals surface area contributed by atoms with Crippen molar-refractivity contribution in [1.82, 2.24) is 4.90 Å². The Morgan fingerprint density at radius 2 is 2.21 bits per heavy atom. The summed E-state index contributed by atoms with van der Waals surface area (Å²) in [4.78, 5) is 25.1. The Morgan fingerprint density at radius 3 is 2.96 bits per heavy atom. The summed E-state index contributed by atoms with van der Waals surface area (Å²) in [5.74, 6) is -0.198. The van der Waals surface area contributed by atoms with Gasteiger partial charge in [-0.05, 0) is 56.2 Å². The van der Waals surface area contributed by atoms with E-state index < -0.39 is 6.10 Å². The monoisotopic (exact) mass is 411 g/mol. The van der Waals surface area contributed by atoms with Gasteiger partial charge < -0.3 is 19.5 Å². The molecule has 7 heteroatoms. The van der Waals surface area contributed by atoms with Gasteiger partial charge in [0, 0.05) is 30.6 Å². The van der Waals surface area contributed by atoms with E-state index in [2.05, 4.69) is 4.74 Å². The Kier molecular flexibility index (Phi) is 9.75. The first-order valence-corrected chi connectivity index (χ1v) is 10.2. The number of carbonyl (C=O) groups excluding carboxylic acids is 2. The second-order valence-corrected chi connectivity index (χ2v) is 7.62. The number of methoxy groups -OCH3 is 1. The Morgan fingerprint density at radius 1 is 1.39 bits per heavy atom. The van der Waals surface area contributed by atoms with Crippen LogP contribution in [0.1, 0.15) is 44.1 Å². The molecule has 6 nitrogen and oxygen atoms in total. The number of carbonyl (C=O) groups is 2. The second-order valence-electron chi connectivity index (χ2n) is 7.18. The van der Waals surface area contributed by atoms with E-state index in [1.807, 2.05) is 29.2 Å². The Hall–Kier alpha value is -1.63. The van der Waals surface area contributed by atoms with Crippen molar-refractivity contribution in [3.05, 3.63) is 34.9 Å². The molecule has 1 aliphatic heterocycles. The maximum absolute atomic E-state index is 12.2. The molecule has 28 heavy (non-hydrogen) atoms. The maximum Gasteiger partial charge on any atom is 0.331 e. The fourth-order valence-electron chi connectivity index (χ4n) is 3.52. The average molecular weight is 412 g/mol. The van der Waals surface area contributed by atoms with Gasteiger partial charge in [0.15, 0.2) is 0 Å². The molecule has 0 aliphatic carbocycles. The molecule has 2 rings (SSSR count). The summed E-state index contributed by atoms with van der Waals surface area (Å²) >= 11 is 5.99. The Labute approximate surface area is 171 Å². The van der Waals surface area contributed by atoms with E-state index in [1.54, 1.807) is 0 Å². The first kappa shape index (κ1) is 22.7. The number of likely N-dealkylation sites (tertiary alicyclic amines) is 1. The van der Waals surface area contributed by atoms with Crippen molar-refractivity contribution < 1.29 is 24.2 Å². The molecule has 1 saturated heterocycles. The van der Waals surface area contributed by atoms with E-state index >= 15 is 0 Å². The largest absolute Gasteiger partial charge is 0.467 e. The minimum atomic E-state index is -0.442. The van der Waals surface area contributed by atoms with Crippen LogP contribution in [0.2, 0.25) is 5.02 Å². The zero-order valence-electron chi connectivity index (χ0n) is 16.4. The predicted octanol–water partition coefficient (Wildman–Crippen LogP) is 2.98. The molecule has 0 saturated carbocycles. The molecule has 0 radical (unpaired) electrons. The molecule has 0 spiro atoms. The van der Waals surface area contributed by atoms with Gasteiger partial charge in [0.1, 0.15) is 6.61 Å². The van der Waals surface area contributed by atoms with Crippen LogP contribution in [0.5, 0.6) is 0 Å². The molecule has 156 valence electrons. The summed E-state index contributed by atoms with van der Waals surface area (Å²) in [7, 11) is 1.33. The van der Waals surface area contributed by atoms with Gasteiger partial charge in [0.2, 0.25) is 5.91 Å². The summed E-state index contributed by atoms with van der Waals surface area (Å²) in [6.07, 6.45) is 4.62. The first-order valence-electron chi connectivity index (χ1n) is 9.86. The van der Waals surface area contributed by atoms with Crippen LogP contribution in [0.4, 0.5) is 0 Å². The predicted molar refractivity (Wildman–Crippen MR) is 107 cm³/mol. The van der Waals surface area contributed by atoms with Gasteiger partial charge in [-0.1, -0.05) is 23.7 Å². The second kappa shape index (κ2) is 12.0. The summed E-state index contributed by atoms with van der Waals surface area (Å²) in [6, 6.07) is 7.73. The van der Waals surface area contributed by atoms with E-state index in [0.29, 0.717) is 37.4 Å². The molecule has 0 unspecified atom stereocenters. The number of benzene rings is 1. The zero-order chi connectivity index (χ0) is 20.4. The number of hydrogen-bond acceptors (Lipinski definition) is 5. The number of unbranched alkanes of at least 4 members (excludes halogenated alkanes) is 1. The molecule has 1 amide bonds. The quantitative estimate of drug-likeness (QED) is 0.422. The van der Waals surface area contributed by atoms with Gasteiger partial charge >= 0.3 is 5.97 Å². The van der Waals surface area contributed by atoms with Crippen LogP contribution in [0.25, 0.3) is 0 Å². The van der Waals surface area contributed by atoms with Gasteiger partial charge in [0.05, 0.1) is 13.2 Å². The van der Waals surface area contributed by atoms with Crippen molar-refractivity contribution in [2.45, 2.75) is 57.1 Å². The van der Waals surface area contributed by atoms with Crippen molar-refractivity contribution >= 4 is 23.5 Å². The van der Waals surface area contributed by atoms with Crippen LogP contribution in [0.15, 0.2) is 24.3 Å². The molecule has 1 heterocycles. The standard InChI is InChI=1S/C21H30ClNO5/c1-27-21(26)15-28-12-3-2-11-23-18(8-10-20(23)25)7-9-19(24)14-16-5-4-6-17(22)13-16/h4-6,13,18-19,24H,2-3,7-12,14-15H2,1H3/t18-,19+/m0/s1. The van der Waals surface area contributed by atoms with E-state index in [1.165, 1.54) is 7.11 Å². The van der Waals surface area contributed by atoms with Crippen molar-refractivity contribution in [3.8, 4) is 0 Å². The van der Waals surface area contributed by atoms with E-state index in [0.717, 1.165) is 31.2 Å². The number of rotatable bonds is 12. The molecule has 1 aliphatic rings. The number of nitrogens with zero attached hydrogens (tertiary/aromatic N) is 1. The highest BCUT2D eigenvalue weighted by Gasteiger charge is 2.30. The normalized spacial score (nSPS) is 17.8. The lowest BCUT2D eigenvalue weighted by Crippen LogP contribution is -2.34. The highest BCUT2D eigenvalue weighted by atomic mass is 35.5. The van der Waals surface area contributed by atoms with Crippen LogP contribution < -0.4 is 0 Å². The fourth-order valence-corrected chi connectivity index (χ4v) is 3.74. The minimum Gasteiger partial charge on any atom is -0.467 e. The first-order chi connectivity index (χ1) is 13.5. The summed E-state index contributed by atoms with van der Waals surface area (Å²) in [5, 5.41) is 11.0. The lowest BCUT2D eigenvalue weighted by molar-refractivity contribution is -0.145. The van der Waals surface area contributed by atoms with E-state index in [9.17, 15) is 14.7 Å². The topological polar surface area (TPSA) is 76.1 Å². The number of halogens is 1. The van der Waals surface area contributed by atoms with Crippen molar-refractivity contribution in [2.75, 3.05) is 26.9 Å². The number of esters is 1. The number of aliphatic hydroxyl groups is 1. The molecule has 1 aromatic carbocycles. The van der Waals surface area contributed by atoms with Crippen molar-refractivity contribution in [1.29, 1.82) is 0 Å². The fraction of sp³-hybridized carbons (Fsp3) is 0.619. The van der Waals surface area contributed by atoms with Crippen molar-refractivity contribution in [2.24, 2.45) is 0 Å². The lowest BCUT2D eigenvalue weighted by Gasteiger charge is -2.25. The summed E-state index contributed by atoms with van der Waals surface area (Å²) in [5.41, 5.74) is 1.02. The number of aliphatic hydroxyl groups excluding tert-OH is 1. The third-order valence-electron chi connectivity index (χ3n) is 5.03. The van der Waals surface area contributed by atoms with Gasteiger partial charge in [-0.25, -0.2) is 4.79 Å². The van der Waals surface area contributed by atoms with Gasteiger partial charge in [-0.2, -0.15) is 0 Å². The molecule has 1 aromatic rings. The van der Waals surface area contributed by atoms with Crippen LogP contribution in [0.3, 0.4) is 0 Å². The SMILES string of the molecule is COC(=O)COCCCCN1C(=O)CC[C@@H]1CC[C@@H](O)Cc1cccc(Cl)c1. The average Bonchev–Trinajstić information content (AvgIpc) is 3.02. The van der Waals surface area contributed by atoms with Gasteiger partial charge in [-0.3, -0.25) is 4.79 Å². The molecule has 2 atom stereocenters. The number of ether oxygens (including phenoxy) is 2. The molecule has 1 fully saturated rings. The minimum absolute atomic E-state index is 0.0354. The van der Waals surface area contributed by atoms with E-state index in [-0.39, 0.29) is 24.5 Å². The maximum atomic E-state index is 12.2. The molecule has 0 bridgehead atoms. The van der Waals surface area contributed by atoms with Crippen LogP contribution in [-0.4, -0.2) is 60.9 Å². The number of hydrogen-bond donors (Lipinski definition) is 1. The highest BCUT2D eigenvalue weighted by Crippen LogP contribution is 2.24. The molecule has 1 N–H and O–H groups in total. The number of amides is 1. The zero-order valence-corrected chi connectivity index (χ0v) is 17.2. The Bertz CT molecular complexity index is 639. The Balaban J connectivity index is 1.67. The van der Waals surface area contributed by atoms with Crippen LogP contribution >= 0.6 is 11.6 Å². The van der Waals surface area contributed by atoms with Crippen LogP contribution in [0, 0.1) is 0 Å². The molecular weight excluding hydrogens is 382 g/mol. The lowest BCUT2D eigenvalue weighted by atomic mass is 10.0. The highest BCUT2D eigenvalue weighted by molar-refractivity contribution is 6.30. The summed E-state index contributed by atoms with van der Waals surface area (Å²) in [6.45, 7) is 1.13. The van der Waals surface area contributed by atoms with Gasteiger partial charge in [-0.15, -0.1) is 0 Å².